The Labute approximate surface area is 116 Å². The van der Waals surface area contributed by atoms with Crippen molar-refractivity contribution in [2.45, 2.75) is 18.9 Å². The molecule has 1 aliphatic rings. The third-order valence-corrected chi connectivity index (χ3v) is 3.48. The number of benzene rings is 2. The molecule has 3 rings (SSSR count). The predicted octanol–water partition coefficient (Wildman–Crippen LogP) is 3.77. The van der Waals surface area contributed by atoms with Gasteiger partial charge in [-0.05, 0) is 36.6 Å². The van der Waals surface area contributed by atoms with Gasteiger partial charge in [-0.25, -0.2) is 4.39 Å². The van der Waals surface area contributed by atoms with Crippen molar-refractivity contribution < 1.29 is 13.5 Å². The molecule has 1 N–H and O–H groups in total. The van der Waals surface area contributed by atoms with Gasteiger partial charge in [-0.15, -0.1) is 0 Å². The quantitative estimate of drug-likeness (QED) is 0.900. The summed E-state index contributed by atoms with van der Waals surface area (Å²) in [6.45, 7) is 0.576. The van der Waals surface area contributed by atoms with Crippen LogP contribution in [0.15, 0.2) is 42.5 Å². The second-order valence-corrected chi connectivity index (χ2v) is 4.87. The van der Waals surface area contributed by atoms with E-state index in [1.165, 1.54) is 17.7 Å². The Balaban J connectivity index is 1.73. The predicted molar refractivity (Wildman–Crippen MR) is 74.0 cm³/mol. The molecular weight excluding hydrogens is 260 g/mol. The maximum atomic E-state index is 13.6. The highest BCUT2D eigenvalue weighted by Gasteiger charge is 2.19. The Kier molecular flexibility index (Phi) is 3.54. The summed E-state index contributed by atoms with van der Waals surface area (Å²) >= 11 is 0. The van der Waals surface area contributed by atoms with Gasteiger partial charge in [0.15, 0.2) is 11.6 Å². The van der Waals surface area contributed by atoms with Gasteiger partial charge >= 0.3 is 0 Å². The Morgan fingerprint density at radius 2 is 1.90 bits per heavy atom. The SMILES string of the molecule is Fc1cccc(OC2CCc3ccccc3NC2)c1F. The standard InChI is InChI=1S/C16H15F2NO/c17-13-5-3-7-15(16(13)18)20-12-9-8-11-4-1-2-6-14(11)19-10-12/h1-7,12,19H,8-10H2. The van der Waals surface area contributed by atoms with Crippen LogP contribution in [0, 0.1) is 11.6 Å². The summed E-state index contributed by atoms with van der Waals surface area (Å²) in [4.78, 5) is 0. The summed E-state index contributed by atoms with van der Waals surface area (Å²) < 4.78 is 32.4. The van der Waals surface area contributed by atoms with Gasteiger partial charge in [0.1, 0.15) is 6.10 Å². The third-order valence-electron chi connectivity index (χ3n) is 3.48. The van der Waals surface area contributed by atoms with Crippen LogP contribution < -0.4 is 10.1 Å². The number of hydrogen-bond acceptors (Lipinski definition) is 2. The Morgan fingerprint density at radius 3 is 2.80 bits per heavy atom. The Morgan fingerprint density at radius 1 is 1.05 bits per heavy atom. The first kappa shape index (κ1) is 12.9. The van der Waals surface area contributed by atoms with E-state index in [0.717, 1.165) is 24.6 Å². The Bertz CT molecular complexity index is 588. The molecule has 2 nitrogen and oxygen atoms in total. The highest BCUT2D eigenvalue weighted by Crippen LogP contribution is 2.25. The zero-order valence-corrected chi connectivity index (χ0v) is 10.9. The van der Waals surface area contributed by atoms with Crippen molar-refractivity contribution in [3.8, 4) is 5.75 Å². The number of fused-ring (bicyclic) bond motifs is 1. The molecule has 1 atom stereocenters. The number of anilines is 1. The molecule has 1 heterocycles. The van der Waals surface area contributed by atoms with Crippen molar-refractivity contribution in [2.75, 3.05) is 11.9 Å². The lowest BCUT2D eigenvalue weighted by atomic mass is 10.1. The van der Waals surface area contributed by atoms with E-state index in [-0.39, 0.29) is 11.9 Å². The molecule has 0 radical (unpaired) electrons. The number of ether oxygens (including phenoxy) is 1. The summed E-state index contributed by atoms with van der Waals surface area (Å²) in [7, 11) is 0. The number of aryl methyl sites for hydroxylation is 1. The van der Waals surface area contributed by atoms with Gasteiger partial charge in [0.25, 0.3) is 0 Å². The fourth-order valence-electron chi connectivity index (χ4n) is 2.41. The number of hydrogen-bond donors (Lipinski definition) is 1. The van der Waals surface area contributed by atoms with E-state index >= 15 is 0 Å². The van der Waals surface area contributed by atoms with Crippen LogP contribution in [0.25, 0.3) is 0 Å². The van der Waals surface area contributed by atoms with Crippen molar-refractivity contribution in [3.05, 3.63) is 59.7 Å². The highest BCUT2D eigenvalue weighted by atomic mass is 19.2. The molecule has 0 spiro atoms. The monoisotopic (exact) mass is 275 g/mol. The van der Waals surface area contributed by atoms with Gasteiger partial charge in [0, 0.05) is 5.69 Å². The van der Waals surface area contributed by atoms with Gasteiger partial charge in [-0.1, -0.05) is 24.3 Å². The van der Waals surface area contributed by atoms with Crippen LogP contribution in [0.3, 0.4) is 0 Å². The number of para-hydroxylation sites is 1. The third kappa shape index (κ3) is 2.59. The van der Waals surface area contributed by atoms with Crippen LogP contribution in [0.1, 0.15) is 12.0 Å². The van der Waals surface area contributed by atoms with Crippen molar-refractivity contribution in [1.29, 1.82) is 0 Å². The molecule has 1 unspecified atom stereocenters. The van der Waals surface area contributed by atoms with Crippen LogP contribution in [0.5, 0.6) is 5.75 Å². The fourth-order valence-corrected chi connectivity index (χ4v) is 2.41. The van der Waals surface area contributed by atoms with Crippen molar-refractivity contribution >= 4 is 5.69 Å². The molecule has 20 heavy (non-hydrogen) atoms. The number of nitrogens with one attached hydrogen (secondary N) is 1. The molecule has 2 aromatic carbocycles. The van der Waals surface area contributed by atoms with E-state index in [1.807, 2.05) is 18.2 Å². The van der Waals surface area contributed by atoms with E-state index in [2.05, 4.69) is 11.4 Å². The maximum Gasteiger partial charge on any atom is 0.200 e. The van der Waals surface area contributed by atoms with E-state index < -0.39 is 11.6 Å². The van der Waals surface area contributed by atoms with Crippen molar-refractivity contribution in [2.24, 2.45) is 0 Å². The number of halogens is 2. The molecule has 4 heteroatoms. The minimum absolute atomic E-state index is 0.0252. The van der Waals surface area contributed by atoms with Crippen molar-refractivity contribution in [3.63, 3.8) is 0 Å². The minimum atomic E-state index is -0.922. The molecule has 0 amide bonds. The molecule has 2 aromatic rings. The summed E-state index contributed by atoms with van der Waals surface area (Å²) in [6, 6.07) is 12.0. The summed E-state index contributed by atoms with van der Waals surface area (Å²) in [5, 5.41) is 3.29. The molecular formula is C16H15F2NO. The molecule has 104 valence electrons. The normalized spacial score (nSPS) is 17.8. The maximum absolute atomic E-state index is 13.6. The average Bonchev–Trinajstić information content (AvgIpc) is 2.67. The van der Waals surface area contributed by atoms with E-state index in [9.17, 15) is 8.78 Å². The molecule has 0 saturated carbocycles. The van der Waals surface area contributed by atoms with Crippen molar-refractivity contribution in [1.82, 2.24) is 0 Å². The number of rotatable bonds is 2. The first-order chi connectivity index (χ1) is 9.74. The van der Waals surface area contributed by atoms with E-state index in [4.69, 9.17) is 4.74 Å². The molecule has 1 aliphatic heterocycles. The molecule has 0 saturated heterocycles. The van der Waals surface area contributed by atoms with Gasteiger partial charge in [-0.3, -0.25) is 0 Å². The second-order valence-electron chi connectivity index (χ2n) is 4.87. The average molecular weight is 275 g/mol. The van der Waals surface area contributed by atoms with Crippen LogP contribution in [-0.2, 0) is 6.42 Å². The minimum Gasteiger partial charge on any atom is -0.485 e. The zero-order chi connectivity index (χ0) is 13.9. The van der Waals surface area contributed by atoms with Gasteiger partial charge < -0.3 is 10.1 Å². The lowest BCUT2D eigenvalue weighted by molar-refractivity contribution is 0.195. The summed E-state index contributed by atoms with van der Waals surface area (Å²) in [5.74, 6) is -1.83. The van der Waals surface area contributed by atoms with E-state index in [0.29, 0.717) is 6.54 Å². The summed E-state index contributed by atoms with van der Waals surface area (Å²) in [6.07, 6.45) is 1.43. The highest BCUT2D eigenvalue weighted by molar-refractivity contribution is 5.52. The van der Waals surface area contributed by atoms with Gasteiger partial charge in [0.2, 0.25) is 5.82 Å². The van der Waals surface area contributed by atoms with Gasteiger partial charge in [-0.2, -0.15) is 4.39 Å². The fraction of sp³-hybridized carbons (Fsp3) is 0.250. The Hall–Kier alpha value is -2.10. The van der Waals surface area contributed by atoms with Gasteiger partial charge in [0.05, 0.1) is 6.54 Å². The van der Waals surface area contributed by atoms with Crippen LogP contribution in [0.2, 0.25) is 0 Å². The van der Waals surface area contributed by atoms with Crippen LogP contribution >= 0.6 is 0 Å². The van der Waals surface area contributed by atoms with Crippen LogP contribution in [-0.4, -0.2) is 12.6 Å². The lowest BCUT2D eigenvalue weighted by Crippen LogP contribution is -2.25. The molecule has 0 aliphatic carbocycles. The van der Waals surface area contributed by atoms with Crippen LogP contribution in [0.4, 0.5) is 14.5 Å². The topological polar surface area (TPSA) is 21.3 Å². The first-order valence-corrected chi connectivity index (χ1v) is 6.66. The molecule has 0 aromatic heterocycles. The van der Waals surface area contributed by atoms with E-state index in [1.54, 1.807) is 0 Å². The molecule has 0 fully saturated rings. The smallest absolute Gasteiger partial charge is 0.200 e. The summed E-state index contributed by atoms with van der Waals surface area (Å²) in [5.41, 5.74) is 2.30. The zero-order valence-electron chi connectivity index (χ0n) is 10.9. The lowest BCUT2D eigenvalue weighted by Gasteiger charge is -2.17. The second kappa shape index (κ2) is 5.49. The first-order valence-electron chi connectivity index (χ1n) is 6.66. The largest absolute Gasteiger partial charge is 0.485 e. The molecule has 0 bridgehead atoms.